The smallest absolute Gasteiger partial charge is 0.262 e. The summed E-state index contributed by atoms with van der Waals surface area (Å²) in [6.07, 6.45) is -0.456. The van der Waals surface area contributed by atoms with E-state index in [4.69, 9.17) is 11.6 Å². The number of hydrogen-bond acceptors (Lipinski definition) is 3. The van der Waals surface area contributed by atoms with Crippen molar-refractivity contribution in [3.8, 4) is 0 Å². The summed E-state index contributed by atoms with van der Waals surface area (Å²) in [6, 6.07) is 22.0. The maximum Gasteiger partial charge on any atom is 0.262 e. The van der Waals surface area contributed by atoms with Crippen LogP contribution in [0.5, 0.6) is 0 Å². The Morgan fingerprint density at radius 3 is 2.39 bits per heavy atom. The molecule has 1 heterocycles. The molecule has 0 spiro atoms. The normalized spacial score (nSPS) is 15.6. The van der Waals surface area contributed by atoms with Crippen LogP contribution in [0, 0.1) is 0 Å². The fourth-order valence-corrected chi connectivity index (χ4v) is 3.58. The van der Waals surface area contributed by atoms with Gasteiger partial charge in [0.05, 0.1) is 5.56 Å². The van der Waals surface area contributed by atoms with Gasteiger partial charge in [-0.2, -0.15) is 0 Å². The van der Waals surface area contributed by atoms with Crippen LogP contribution in [0.2, 0.25) is 5.02 Å². The summed E-state index contributed by atoms with van der Waals surface area (Å²) in [6.45, 7) is 1.45. The average Bonchev–Trinajstić information content (AvgIpc) is 2.69. The zero-order chi connectivity index (χ0) is 19.7. The zero-order valence-corrected chi connectivity index (χ0v) is 15.9. The van der Waals surface area contributed by atoms with Crippen molar-refractivity contribution < 1.29 is 9.59 Å². The Bertz CT molecular complexity index is 1050. The summed E-state index contributed by atoms with van der Waals surface area (Å²) in [5, 5.41) is 6.74. The second-order valence-corrected chi connectivity index (χ2v) is 6.92. The molecular formula is C22H18ClN3O2. The molecule has 0 saturated heterocycles. The van der Waals surface area contributed by atoms with E-state index in [-0.39, 0.29) is 11.8 Å². The highest BCUT2D eigenvalue weighted by molar-refractivity contribution is 6.31. The van der Waals surface area contributed by atoms with E-state index in [0.717, 1.165) is 11.3 Å². The molecule has 5 nitrogen and oxygen atoms in total. The highest BCUT2D eigenvalue weighted by atomic mass is 35.5. The second-order valence-electron chi connectivity index (χ2n) is 6.52. The van der Waals surface area contributed by atoms with Crippen molar-refractivity contribution in [2.75, 3.05) is 15.5 Å². The Kier molecular flexibility index (Phi) is 4.75. The van der Waals surface area contributed by atoms with Crippen molar-refractivity contribution in [3.63, 3.8) is 0 Å². The number of para-hydroxylation sites is 1. The molecular weight excluding hydrogens is 374 g/mol. The minimum Gasteiger partial charge on any atom is -0.360 e. The number of halogens is 1. The van der Waals surface area contributed by atoms with Gasteiger partial charge in [0.25, 0.3) is 5.91 Å². The minimum absolute atomic E-state index is 0.119. The zero-order valence-electron chi connectivity index (χ0n) is 15.1. The van der Waals surface area contributed by atoms with Crippen LogP contribution in [0.4, 0.5) is 17.1 Å². The van der Waals surface area contributed by atoms with Crippen molar-refractivity contribution in [1.82, 2.24) is 0 Å². The van der Waals surface area contributed by atoms with Gasteiger partial charge in [0.15, 0.2) is 0 Å². The lowest BCUT2D eigenvalue weighted by Crippen LogP contribution is -2.43. The molecule has 0 radical (unpaired) electrons. The summed E-state index contributed by atoms with van der Waals surface area (Å²) in [5.41, 5.74) is 3.53. The molecule has 0 fully saturated rings. The lowest BCUT2D eigenvalue weighted by atomic mass is 10.0. The van der Waals surface area contributed by atoms with Gasteiger partial charge in [0.2, 0.25) is 5.91 Å². The van der Waals surface area contributed by atoms with Gasteiger partial charge in [0.1, 0.15) is 6.17 Å². The molecule has 1 atom stereocenters. The Labute approximate surface area is 167 Å². The molecule has 0 aromatic heterocycles. The molecule has 6 heteroatoms. The van der Waals surface area contributed by atoms with Crippen molar-refractivity contribution in [3.05, 3.63) is 88.9 Å². The van der Waals surface area contributed by atoms with Gasteiger partial charge in [-0.05, 0) is 42.5 Å². The van der Waals surface area contributed by atoms with Gasteiger partial charge in [-0.15, -0.1) is 0 Å². The average molecular weight is 392 g/mol. The van der Waals surface area contributed by atoms with Crippen LogP contribution in [0.1, 0.15) is 29.0 Å². The molecule has 1 unspecified atom stereocenters. The maximum absolute atomic E-state index is 13.3. The largest absolute Gasteiger partial charge is 0.360 e. The molecule has 0 aliphatic carbocycles. The van der Waals surface area contributed by atoms with Crippen LogP contribution in [-0.2, 0) is 4.79 Å². The highest BCUT2D eigenvalue weighted by Gasteiger charge is 2.34. The minimum atomic E-state index is -0.456. The third kappa shape index (κ3) is 3.32. The Hall–Kier alpha value is -3.31. The third-order valence-corrected chi connectivity index (χ3v) is 4.94. The quantitative estimate of drug-likeness (QED) is 0.655. The molecule has 3 aromatic rings. The number of anilines is 3. The Morgan fingerprint density at radius 1 is 1.00 bits per heavy atom. The molecule has 3 aromatic carbocycles. The van der Waals surface area contributed by atoms with E-state index in [1.54, 1.807) is 23.1 Å². The summed E-state index contributed by atoms with van der Waals surface area (Å²) in [7, 11) is 0. The molecule has 1 aliphatic rings. The van der Waals surface area contributed by atoms with Gasteiger partial charge < -0.3 is 10.6 Å². The van der Waals surface area contributed by atoms with Gasteiger partial charge >= 0.3 is 0 Å². The first-order valence-corrected chi connectivity index (χ1v) is 9.23. The predicted molar refractivity (Wildman–Crippen MR) is 112 cm³/mol. The van der Waals surface area contributed by atoms with E-state index >= 15 is 0 Å². The van der Waals surface area contributed by atoms with E-state index in [1.807, 2.05) is 54.6 Å². The second kappa shape index (κ2) is 7.37. The summed E-state index contributed by atoms with van der Waals surface area (Å²) < 4.78 is 0. The van der Waals surface area contributed by atoms with Crippen LogP contribution < -0.4 is 15.5 Å². The van der Waals surface area contributed by atoms with Crippen LogP contribution in [0.3, 0.4) is 0 Å². The molecule has 4 rings (SSSR count). The number of carbonyl (C=O) groups is 2. The van der Waals surface area contributed by atoms with Crippen molar-refractivity contribution in [1.29, 1.82) is 0 Å². The van der Waals surface area contributed by atoms with Crippen LogP contribution >= 0.6 is 11.6 Å². The number of nitrogens with zero attached hydrogens (tertiary/aromatic N) is 1. The van der Waals surface area contributed by atoms with E-state index < -0.39 is 6.17 Å². The molecule has 0 saturated carbocycles. The summed E-state index contributed by atoms with van der Waals surface area (Å²) >= 11 is 6.44. The lowest BCUT2D eigenvalue weighted by Gasteiger charge is -2.38. The number of carbonyl (C=O) groups excluding carboxylic acids is 2. The van der Waals surface area contributed by atoms with E-state index in [1.165, 1.54) is 6.92 Å². The van der Waals surface area contributed by atoms with Crippen LogP contribution in [0.15, 0.2) is 72.8 Å². The van der Waals surface area contributed by atoms with Gasteiger partial charge in [-0.1, -0.05) is 41.9 Å². The molecule has 2 amide bonds. The van der Waals surface area contributed by atoms with E-state index in [9.17, 15) is 9.59 Å². The Balaban J connectivity index is 1.80. The molecule has 28 heavy (non-hydrogen) atoms. The SMILES string of the molecule is CC(=O)Nc1ccc(N2C(=O)c3ccccc3NC2c2ccccc2Cl)cc1. The molecule has 140 valence electrons. The van der Waals surface area contributed by atoms with Gasteiger partial charge in [-0.25, -0.2) is 0 Å². The monoisotopic (exact) mass is 391 g/mol. The topological polar surface area (TPSA) is 61.4 Å². The number of amides is 2. The fraction of sp³-hybridized carbons (Fsp3) is 0.0909. The number of hydrogen-bond donors (Lipinski definition) is 2. The van der Waals surface area contributed by atoms with Crippen molar-refractivity contribution >= 4 is 40.5 Å². The standard InChI is InChI=1S/C22H18ClN3O2/c1-14(27)24-15-10-12-16(13-11-15)26-21(17-6-2-4-8-19(17)23)25-20-9-5-3-7-18(20)22(26)28/h2-13,21,25H,1H3,(H,24,27). The van der Waals surface area contributed by atoms with Crippen LogP contribution in [0.25, 0.3) is 0 Å². The molecule has 2 N–H and O–H groups in total. The molecule has 1 aliphatic heterocycles. The van der Waals surface area contributed by atoms with E-state index in [0.29, 0.717) is 22.0 Å². The molecule has 0 bridgehead atoms. The van der Waals surface area contributed by atoms with Crippen molar-refractivity contribution in [2.45, 2.75) is 13.1 Å². The number of rotatable bonds is 3. The van der Waals surface area contributed by atoms with Gasteiger partial charge in [0, 0.05) is 34.6 Å². The number of benzene rings is 3. The first-order valence-electron chi connectivity index (χ1n) is 8.86. The highest BCUT2D eigenvalue weighted by Crippen LogP contribution is 2.38. The third-order valence-electron chi connectivity index (χ3n) is 4.59. The first kappa shape index (κ1) is 18.1. The van der Waals surface area contributed by atoms with E-state index in [2.05, 4.69) is 10.6 Å². The van der Waals surface area contributed by atoms with Gasteiger partial charge in [-0.3, -0.25) is 14.5 Å². The summed E-state index contributed by atoms with van der Waals surface area (Å²) in [4.78, 5) is 26.3. The van der Waals surface area contributed by atoms with Crippen LogP contribution in [-0.4, -0.2) is 11.8 Å². The van der Waals surface area contributed by atoms with Crippen molar-refractivity contribution in [2.24, 2.45) is 0 Å². The summed E-state index contributed by atoms with van der Waals surface area (Å²) in [5.74, 6) is -0.266. The number of fused-ring (bicyclic) bond motifs is 1. The Morgan fingerprint density at radius 2 is 1.68 bits per heavy atom. The first-order chi connectivity index (χ1) is 13.5. The maximum atomic E-state index is 13.3. The lowest BCUT2D eigenvalue weighted by molar-refractivity contribution is -0.114. The fourth-order valence-electron chi connectivity index (χ4n) is 3.34. The predicted octanol–water partition coefficient (Wildman–Crippen LogP) is 5.07. The number of nitrogens with one attached hydrogen (secondary N) is 2.